The Balaban J connectivity index is 2.36. The number of hydrogen-bond donors (Lipinski definition) is 3. The lowest BCUT2D eigenvalue weighted by atomic mass is 10.1. The van der Waals surface area contributed by atoms with Gasteiger partial charge in [0.15, 0.2) is 0 Å². The average Bonchev–Trinajstić information content (AvgIpc) is 2.39. The fourth-order valence-corrected chi connectivity index (χ4v) is 1.41. The van der Waals surface area contributed by atoms with E-state index in [2.05, 4.69) is 15.2 Å². The predicted molar refractivity (Wildman–Crippen MR) is 65.9 cm³/mol. The lowest BCUT2D eigenvalue weighted by molar-refractivity contribution is 0.232. The zero-order valence-corrected chi connectivity index (χ0v) is 8.91. The molecule has 1 aromatic carbocycles. The largest absolute Gasteiger partial charge is 0.367 e. The van der Waals surface area contributed by atoms with Gasteiger partial charge in [-0.1, -0.05) is 24.3 Å². The summed E-state index contributed by atoms with van der Waals surface area (Å²) in [6.45, 7) is 0. The molecule has 0 radical (unpaired) electrons. The number of nitrogens with zero attached hydrogens (tertiary/aromatic N) is 3. The molecule has 0 atom stereocenters. The van der Waals surface area contributed by atoms with E-state index >= 15 is 0 Å². The van der Waals surface area contributed by atoms with E-state index in [-0.39, 0.29) is 5.96 Å². The summed E-state index contributed by atoms with van der Waals surface area (Å²) in [5, 5.41) is 17.7. The van der Waals surface area contributed by atoms with Crippen LogP contribution >= 0.6 is 0 Å². The number of benzene rings is 1. The van der Waals surface area contributed by atoms with Gasteiger partial charge in [-0.05, 0) is 11.5 Å². The molecule has 0 amide bonds. The summed E-state index contributed by atoms with van der Waals surface area (Å²) < 4.78 is 0. The Labute approximate surface area is 97.5 Å². The molecule has 0 aliphatic carbocycles. The van der Waals surface area contributed by atoms with Crippen molar-refractivity contribution in [1.29, 1.82) is 0 Å². The number of hydroxylamine groups is 1. The number of guanidine groups is 1. The predicted octanol–water partition coefficient (Wildman–Crippen LogP) is 0.862. The molecule has 0 spiro atoms. The van der Waals surface area contributed by atoms with Gasteiger partial charge in [-0.2, -0.15) is 5.10 Å². The molecule has 0 fully saturated rings. The molecule has 0 aliphatic rings. The van der Waals surface area contributed by atoms with Crippen LogP contribution in [0.1, 0.15) is 5.69 Å². The second-order valence-electron chi connectivity index (χ2n) is 3.26. The van der Waals surface area contributed by atoms with Gasteiger partial charge in [0.25, 0.3) is 0 Å². The molecule has 0 bridgehead atoms. The Morgan fingerprint density at radius 1 is 1.35 bits per heavy atom. The molecule has 2 rings (SSSR count). The number of nitrogens with two attached hydrogens (primary N) is 1. The fraction of sp³-hybridized carbons (Fsp3) is 0. The second-order valence-corrected chi connectivity index (χ2v) is 3.26. The Hall–Kier alpha value is -2.47. The Morgan fingerprint density at radius 3 is 3.00 bits per heavy atom. The van der Waals surface area contributed by atoms with Crippen LogP contribution in [-0.4, -0.2) is 22.4 Å². The molecule has 17 heavy (non-hydrogen) atoms. The molecular weight excluding hydrogens is 218 g/mol. The molecule has 4 N–H and O–H groups in total. The second kappa shape index (κ2) is 5.04. The molecule has 0 saturated heterocycles. The number of aromatic nitrogens is 1. The van der Waals surface area contributed by atoms with Gasteiger partial charge in [0.2, 0.25) is 5.96 Å². The zero-order valence-electron chi connectivity index (χ0n) is 8.91. The van der Waals surface area contributed by atoms with E-state index in [0.717, 1.165) is 10.8 Å². The normalized spacial score (nSPS) is 12.2. The van der Waals surface area contributed by atoms with Crippen LogP contribution in [0, 0.1) is 0 Å². The molecular formula is C11H11N5O. The summed E-state index contributed by atoms with van der Waals surface area (Å²) in [6.07, 6.45) is 3.17. The summed E-state index contributed by atoms with van der Waals surface area (Å²) >= 11 is 0. The van der Waals surface area contributed by atoms with Crippen molar-refractivity contribution < 1.29 is 5.21 Å². The van der Waals surface area contributed by atoms with E-state index in [0.29, 0.717) is 5.69 Å². The fourth-order valence-electron chi connectivity index (χ4n) is 1.41. The lowest BCUT2D eigenvalue weighted by Crippen LogP contribution is -2.27. The van der Waals surface area contributed by atoms with Crippen molar-refractivity contribution in [2.45, 2.75) is 0 Å². The standard InChI is InChI=1S/C11H11N5O/c12-11(16-17)15-14-7-10-9-4-2-1-3-8(9)5-6-13-10/h1-7,17H,(H3,12,15,16). The maximum Gasteiger partial charge on any atom is 0.237 e. The molecule has 1 aromatic heterocycles. The summed E-state index contributed by atoms with van der Waals surface area (Å²) in [5.41, 5.74) is 7.58. The van der Waals surface area contributed by atoms with Crippen LogP contribution in [-0.2, 0) is 0 Å². The van der Waals surface area contributed by atoms with Gasteiger partial charge in [-0.15, -0.1) is 5.10 Å². The first-order chi connectivity index (χ1) is 8.31. The zero-order chi connectivity index (χ0) is 12.1. The van der Waals surface area contributed by atoms with Crippen LogP contribution in [0.2, 0.25) is 0 Å². The molecule has 86 valence electrons. The van der Waals surface area contributed by atoms with Gasteiger partial charge >= 0.3 is 0 Å². The van der Waals surface area contributed by atoms with Crippen LogP contribution in [0.3, 0.4) is 0 Å². The van der Waals surface area contributed by atoms with Gasteiger partial charge in [-0.3, -0.25) is 10.2 Å². The minimum absolute atomic E-state index is 0.179. The highest BCUT2D eigenvalue weighted by Crippen LogP contribution is 2.14. The number of nitrogens with one attached hydrogen (secondary N) is 1. The quantitative estimate of drug-likeness (QED) is 0.404. The monoisotopic (exact) mass is 229 g/mol. The minimum atomic E-state index is -0.179. The maximum absolute atomic E-state index is 8.41. The minimum Gasteiger partial charge on any atom is -0.367 e. The van der Waals surface area contributed by atoms with Crippen LogP contribution in [0.5, 0.6) is 0 Å². The van der Waals surface area contributed by atoms with E-state index in [1.165, 1.54) is 6.21 Å². The van der Waals surface area contributed by atoms with E-state index in [4.69, 9.17) is 10.9 Å². The Bertz CT molecular complexity index is 574. The van der Waals surface area contributed by atoms with E-state index in [1.54, 1.807) is 11.7 Å². The maximum atomic E-state index is 8.41. The van der Waals surface area contributed by atoms with Crippen LogP contribution in [0.15, 0.2) is 46.7 Å². The first-order valence-corrected chi connectivity index (χ1v) is 4.91. The summed E-state index contributed by atoms with van der Waals surface area (Å²) in [4.78, 5) is 4.19. The van der Waals surface area contributed by atoms with Crippen molar-refractivity contribution in [3.05, 3.63) is 42.2 Å². The van der Waals surface area contributed by atoms with Gasteiger partial charge in [0.05, 0.1) is 11.9 Å². The first-order valence-electron chi connectivity index (χ1n) is 4.91. The van der Waals surface area contributed by atoms with Crippen LogP contribution < -0.4 is 11.2 Å². The Kier molecular flexibility index (Phi) is 3.27. The summed E-state index contributed by atoms with van der Waals surface area (Å²) in [6, 6.07) is 9.73. The molecule has 6 nitrogen and oxygen atoms in total. The molecule has 0 saturated carbocycles. The molecule has 0 unspecified atom stereocenters. The highest BCUT2D eigenvalue weighted by molar-refractivity contribution is 5.97. The summed E-state index contributed by atoms with van der Waals surface area (Å²) in [5.74, 6) is -0.179. The summed E-state index contributed by atoms with van der Waals surface area (Å²) in [7, 11) is 0. The molecule has 0 aliphatic heterocycles. The van der Waals surface area contributed by atoms with Crippen molar-refractivity contribution in [3.8, 4) is 0 Å². The number of hydrogen-bond acceptors (Lipinski definition) is 4. The first kappa shape index (κ1) is 11.0. The van der Waals surface area contributed by atoms with Crippen molar-refractivity contribution in [3.63, 3.8) is 0 Å². The van der Waals surface area contributed by atoms with Crippen molar-refractivity contribution >= 4 is 22.9 Å². The lowest BCUT2D eigenvalue weighted by Gasteiger charge is -1.99. The number of fused-ring (bicyclic) bond motifs is 1. The SMILES string of the molecule is NC(=NN=Cc1nccc2ccccc12)NO. The Morgan fingerprint density at radius 2 is 2.18 bits per heavy atom. The van der Waals surface area contributed by atoms with Crippen molar-refractivity contribution in [2.75, 3.05) is 0 Å². The van der Waals surface area contributed by atoms with Gasteiger partial charge in [0.1, 0.15) is 0 Å². The highest BCUT2D eigenvalue weighted by atomic mass is 16.5. The average molecular weight is 229 g/mol. The van der Waals surface area contributed by atoms with Crippen LogP contribution in [0.25, 0.3) is 10.8 Å². The topological polar surface area (TPSA) is 95.9 Å². The van der Waals surface area contributed by atoms with Gasteiger partial charge in [-0.25, -0.2) is 5.48 Å². The number of rotatable bonds is 2. The smallest absolute Gasteiger partial charge is 0.237 e. The van der Waals surface area contributed by atoms with Crippen molar-refractivity contribution in [2.24, 2.45) is 15.9 Å². The van der Waals surface area contributed by atoms with Gasteiger partial charge in [0, 0.05) is 11.6 Å². The third-order valence-electron chi connectivity index (χ3n) is 2.16. The molecule has 1 heterocycles. The van der Waals surface area contributed by atoms with Gasteiger partial charge < -0.3 is 5.73 Å². The number of pyridine rings is 1. The third-order valence-corrected chi connectivity index (χ3v) is 2.16. The van der Waals surface area contributed by atoms with E-state index in [9.17, 15) is 0 Å². The van der Waals surface area contributed by atoms with Crippen LogP contribution in [0.4, 0.5) is 0 Å². The van der Waals surface area contributed by atoms with E-state index in [1.807, 2.05) is 30.3 Å². The van der Waals surface area contributed by atoms with Crippen molar-refractivity contribution in [1.82, 2.24) is 10.5 Å². The third kappa shape index (κ3) is 2.56. The van der Waals surface area contributed by atoms with E-state index < -0.39 is 0 Å². The molecule has 2 aromatic rings. The molecule has 6 heteroatoms. The highest BCUT2D eigenvalue weighted by Gasteiger charge is 1.97.